The van der Waals surface area contributed by atoms with Gasteiger partial charge in [-0.15, -0.1) is 11.6 Å². The number of anilines is 1. The highest BCUT2D eigenvalue weighted by Gasteiger charge is 2.18. The average Bonchev–Trinajstić information content (AvgIpc) is 2.43. The van der Waals surface area contributed by atoms with Crippen molar-refractivity contribution < 1.29 is 4.74 Å². The van der Waals surface area contributed by atoms with E-state index in [2.05, 4.69) is 29.8 Å². The van der Waals surface area contributed by atoms with Crippen LogP contribution in [0, 0.1) is 6.92 Å². The lowest BCUT2D eigenvalue weighted by molar-refractivity contribution is 0.202. The molecular weight excluding hydrogens is 260 g/mol. The average molecular weight is 285 g/mol. The molecule has 3 nitrogen and oxygen atoms in total. The molecule has 0 radical (unpaired) electrons. The number of methoxy groups -OCH3 is 1. The molecule has 0 spiro atoms. The van der Waals surface area contributed by atoms with Gasteiger partial charge in [-0.2, -0.15) is 0 Å². The zero-order chi connectivity index (χ0) is 14.3. The Hall–Kier alpha value is -0.800. The second kappa shape index (κ2) is 8.39. The molecule has 0 saturated carbocycles. The molecule has 1 rings (SSSR count). The number of aromatic nitrogens is 1. The lowest BCUT2D eigenvalue weighted by atomic mass is 10.1. The van der Waals surface area contributed by atoms with Gasteiger partial charge >= 0.3 is 0 Å². The van der Waals surface area contributed by atoms with Crippen LogP contribution in [0.2, 0.25) is 0 Å². The van der Waals surface area contributed by atoms with Crippen LogP contribution in [0.15, 0.2) is 12.3 Å². The van der Waals surface area contributed by atoms with Crippen molar-refractivity contribution >= 4 is 17.3 Å². The molecule has 1 aromatic rings. The first-order chi connectivity index (χ1) is 9.17. The Morgan fingerprint density at radius 1 is 1.37 bits per heavy atom. The number of rotatable bonds is 8. The number of ether oxygens (including phenoxy) is 1. The van der Waals surface area contributed by atoms with Crippen LogP contribution in [0.5, 0.6) is 0 Å². The molecule has 4 heteroatoms. The lowest BCUT2D eigenvalue weighted by Crippen LogP contribution is -2.37. The summed E-state index contributed by atoms with van der Waals surface area (Å²) < 4.78 is 5.25. The molecule has 0 aliphatic heterocycles. The second-order valence-electron chi connectivity index (χ2n) is 4.74. The van der Waals surface area contributed by atoms with Gasteiger partial charge in [0.25, 0.3) is 0 Å². The molecule has 0 atom stereocenters. The zero-order valence-corrected chi connectivity index (χ0v) is 13.2. The maximum Gasteiger partial charge on any atom is 0.0637 e. The second-order valence-corrected chi connectivity index (χ2v) is 5.01. The van der Waals surface area contributed by atoms with E-state index in [9.17, 15) is 0 Å². The standard InChI is InChI=1S/C15H25ClN2O/c1-5-14(6-2)18(7-8-19-4)15-9-12(3)17-11-13(15)10-16/h9,11,14H,5-8,10H2,1-4H3. The molecule has 0 fully saturated rings. The van der Waals surface area contributed by atoms with Gasteiger partial charge in [0.05, 0.1) is 12.5 Å². The number of hydrogen-bond donors (Lipinski definition) is 0. The van der Waals surface area contributed by atoms with E-state index in [0.29, 0.717) is 11.9 Å². The maximum absolute atomic E-state index is 6.06. The van der Waals surface area contributed by atoms with Gasteiger partial charge in [-0.3, -0.25) is 4.98 Å². The fourth-order valence-corrected chi connectivity index (χ4v) is 2.57. The van der Waals surface area contributed by atoms with Gasteiger partial charge in [0.2, 0.25) is 0 Å². The molecule has 1 aromatic heterocycles. The maximum atomic E-state index is 6.06. The SMILES string of the molecule is CCC(CC)N(CCOC)c1cc(C)ncc1CCl. The molecule has 19 heavy (non-hydrogen) atoms. The Labute approximate surface area is 121 Å². The zero-order valence-electron chi connectivity index (χ0n) is 12.4. The molecule has 108 valence electrons. The first-order valence-electron chi connectivity index (χ1n) is 6.94. The molecule has 0 amide bonds. The van der Waals surface area contributed by atoms with E-state index in [4.69, 9.17) is 16.3 Å². The van der Waals surface area contributed by atoms with Crippen molar-refractivity contribution in [2.75, 3.05) is 25.2 Å². The number of hydrogen-bond acceptors (Lipinski definition) is 3. The molecule has 0 aliphatic rings. The van der Waals surface area contributed by atoms with Crippen molar-refractivity contribution in [3.05, 3.63) is 23.5 Å². The van der Waals surface area contributed by atoms with Crippen molar-refractivity contribution in [2.45, 2.75) is 45.5 Å². The predicted molar refractivity (Wildman–Crippen MR) is 82.1 cm³/mol. The lowest BCUT2D eigenvalue weighted by Gasteiger charge is -2.34. The van der Waals surface area contributed by atoms with E-state index < -0.39 is 0 Å². The highest BCUT2D eigenvalue weighted by atomic mass is 35.5. The monoisotopic (exact) mass is 284 g/mol. The number of aryl methyl sites for hydroxylation is 1. The minimum absolute atomic E-state index is 0.492. The highest BCUT2D eigenvalue weighted by molar-refractivity contribution is 6.17. The van der Waals surface area contributed by atoms with Crippen LogP contribution in [0.3, 0.4) is 0 Å². The normalized spacial score (nSPS) is 11.1. The first kappa shape index (κ1) is 16.3. The van der Waals surface area contributed by atoms with Crippen LogP contribution in [0.4, 0.5) is 5.69 Å². The van der Waals surface area contributed by atoms with Crippen molar-refractivity contribution in [3.63, 3.8) is 0 Å². The van der Waals surface area contributed by atoms with Crippen LogP contribution in [-0.2, 0) is 10.6 Å². The highest BCUT2D eigenvalue weighted by Crippen LogP contribution is 2.26. The largest absolute Gasteiger partial charge is 0.383 e. The van der Waals surface area contributed by atoms with E-state index in [1.165, 1.54) is 5.69 Å². The summed E-state index contributed by atoms with van der Waals surface area (Å²) in [6.07, 6.45) is 4.12. The number of nitrogens with zero attached hydrogens (tertiary/aromatic N) is 2. The summed E-state index contributed by atoms with van der Waals surface area (Å²) in [5.74, 6) is 0.492. The quantitative estimate of drug-likeness (QED) is 0.680. The van der Waals surface area contributed by atoms with Gasteiger partial charge in [-0.05, 0) is 25.8 Å². The molecule has 0 aromatic carbocycles. The summed E-state index contributed by atoms with van der Waals surface area (Å²) in [6.45, 7) is 8.07. The minimum Gasteiger partial charge on any atom is -0.383 e. The van der Waals surface area contributed by atoms with Gasteiger partial charge in [-0.1, -0.05) is 13.8 Å². The summed E-state index contributed by atoms with van der Waals surface area (Å²) in [5, 5.41) is 0. The number of halogens is 1. The van der Waals surface area contributed by atoms with Crippen LogP contribution < -0.4 is 4.90 Å². The van der Waals surface area contributed by atoms with Crippen molar-refractivity contribution in [1.82, 2.24) is 4.98 Å². The molecule has 0 bridgehead atoms. The summed E-state index contributed by atoms with van der Waals surface area (Å²) in [6, 6.07) is 2.64. The van der Waals surface area contributed by atoms with Crippen molar-refractivity contribution in [3.8, 4) is 0 Å². The molecule has 0 unspecified atom stereocenters. The molecular formula is C15H25ClN2O. The Morgan fingerprint density at radius 2 is 2.05 bits per heavy atom. The minimum atomic E-state index is 0.492. The Balaban J connectivity index is 3.10. The smallest absolute Gasteiger partial charge is 0.0637 e. The van der Waals surface area contributed by atoms with Gasteiger partial charge in [0, 0.05) is 42.8 Å². The molecule has 1 heterocycles. The van der Waals surface area contributed by atoms with Gasteiger partial charge < -0.3 is 9.64 Å². The number of alkyl halides is 1. The van der Waals surface area contributed by atoms with Gasteiger partial charge in [-0.25, -0.2) is 0 Å². The molecule has 0 N–H and O–H groups in total. The third-order valence-electron chi connectivity index (χ3n) is 3.47. The summed E-state index contributed by atoms with van der Waals surface area (Å²) in [7, 11) is 1.74. The number of pyridine rings is 1. The van der Waals surface area contributed by atoms with Crippen molar-refractivity contribution in [2.24, 2.45) is 0 Å². The summed E-state index contributed by atoms with van der Waals surface area (Å²) in [5.41, 5.74) is 3.32. The van der Waals surface area contributed by atoms with E-state index in [1.807, 2.05) is 13.1 Å². The third-order valence-corrected chi connectivity index (χ3v) is 3.76. The van der Waals surface area contributed by atoms with Gasteiger partial charge in [0.1, 0.15) is 0 Å². The van der Waals surface area contributed by atoms with E-state index >= 15 is 0 Å². The van der Waals surface area contributed by atoms with E-state index in [1.54, 1.807) is 7.11 Å². The molecule has 0 saturated heterocycles. The molecule has 0 aliphatic carbocycles. The third kappa shape index (κ3) is 4.36. The van der Waals surface area contributed by atoms with Crippen LogP contribution >= 0.6 is 11.6 Å². The van der Waals surface area contributed by atoms with E-state index in [-0.39, 0.29) is 0 Å². The predicted octanol–water partition coefficient (Wildman–Crippen LogP) is 3.77. The summed E-state index contributed by atoms with van der Waals surface area (Å²) in [4.78, 5) is 6.75. The Bertz CT molecular complexity index is 380. The summed E-state index contributed by atoms with van der Waals surface area (Å²) >= 11 is 6.06. The van der Waals surface area contributed by atoms with Crippen LogP contribution in [-0.4, -0.2) is 31.3 Å². The topological polar surface area (TPSA) is 25.4 Å². The van der Waals surface area contributed by atoms with Gasteiger partial charge in [0.15, 0.2) is 0 Å². The fraction of sp³-hybridized carbons (Fsp3) is 0.667. The Kier molecular flexibility index (Phi) is 7.17. The fourth-order valence-electron chi connectivity index (χ4n) is 2.36. The van der Waals surface area contributed by atoms with E-state index in [0.717, 1.165) is 37.3 Å². The van der Waals surface area contributed by atoms with Crippen LogP contribution in [0.25, 0.3) is 0 Å². The Morgan fingerprint density at radius 3 is 2.58 bits per heavy atom. The first-order valence-corrected chi connectivity index (χ1v) is 7.48. The van der Waals surface area contributed by atoms with Crippen molar-refractivity contribution in [1.29, 1.82) is 0 Å². The van der Waals surface area contributed by atoms with Crippen LogP contribution in [0.1, 0.15) is 37.9 Å².